The van der Waals surface area contributed by atoms with Crippen LogP contribution in [0.5, 0.6) is 0 Å². The van der Waals surface area contributed by atoms with E-state index in [1.54, 1.807) is 24.3 Å². The lowest BCUT2D eigenvalue weighted by molar-refractivity contribution is 0.102. The number of azo groups is 1. The Bertz CT molecular complexity index is 1130. The third kappa shape index (κ3) is 3.77. The van der Waals surface area contributed by atoms with Crippen LogP contribution in [0.2, 0.25) is 0 Å². The Morgan fingerprint density at radius 2 is 1.74 bits per heavy atom. The Labute approximate surface area is 156 Å². The van der Waals surface area contributed by atoms with Gasteiger partial charge in [0.2, 0.25) is 0 Å². The molecule has 4 aromatic rings. The number of para-hydroxylation sites is 1. The fraction of sp³-hybridized carbons (Fsp3) is 0.0455. The number of carbonyl (C=O) groups excluding carboxylic acids is 1. The summed E-state index contributed by atoms with van der Waals surface area (Å²) in [5, 5.41) is 12.5. The predicted octanol–water partition coefficient (Wildman–Crippen LogP) is 6.14. The number of nitrogens with zero attached hydrogens (tertiary/aromatic N) is 2. The van der Waals surface area contributed by atoms with Crippen molar-refractivity contribution in [3.8, 4) is 0 Å². The summed E-state index contributed by atoms with van der Waals surface area (Å²) in [4.78, 5) is 15.5. The first-order valence-electron chi connectivity index (χ1n) is 8.65. The van der Waals surface area contributed by atoms with Crippen molar-refractivity contribution in [2.24, 2.45) is 10.2 Å². The molecule has 5 nitrogen and oxygen atoms in total. The van der Waals surface area contributed by atoms with Gasteiger partial charge in [0.25, 0.3) is 5.91 Å². The van der Waals surface area contributed by atoms with E-state index < -0.39 is 0 Å². The van der Waals surface area contributed by atoms with Gasteiger partial charge in [0.15, 0.2) is 0 Å². The summed E-state index contributed by atoms with van der Waals surface area (Å²) in [5.41, 5.74) is 4.94. The number of fused-ring (bicyclic) bond motifs is 1. The number of hydrogen-bond acceptors (Lipinski definition) is 3. The van der Waals surface area contributed by atoms with Crippen molar-refractivity contribution in [3.63, 3.8) is 0 Å². The van der Waals surface area contributed by atoms with Crippen LogP contribution in [0.15, 0.2) is 89.2 Å². The maximum absolute atomic E-state index is 12.4. The predicted molar refractivity (Wildman–Crippen MR) is 108 cm³/mol. The average molecular weight is 354 g/mol. The van der Waals surface area contributed by atoms with Crippen LogP contribution in [0.4, 0.5) is 17.1 Å². The number of aromatic nitrogens is 1. The van der Waals surface area contributed by atoms with E-state index in [1.165, 1.54) is 0 Å². The highest BCUT2D eigenvalue weighted by Crippen LogP contribution is 2.27. The van der Waals surface area contributed by atoms with Crippen molar-refractivity contribution < 1.29 is 4.79 Å². The molecule has 0 unspecified atom stereocenters. The molecule has 1 aromatic heterocycles. The molecular weight excluding hydrogens is 336 g/mol. The van der Waals surface area contributed by atoms with Gasteiger partial charge in [0.05, 0.1) is 5.69 Å². The van der Waals surface area contributed by atoms with Crippen LogP contribution in [0.25, 0.3) is 10.9 Å². The highest BCUT2D eigenvalue weighted by Gasteiger charge is 2.06. The number of benzene rings is 3. The van der Waals surface area contributed by atoms with Gasteiger partial charge in [-0.05, 0) is 55.0 Å². The van der Waals surface area contributed by atoms with E-state index in [0.717, 1.165) is 27.8 Å². The first-order valence-corrected chi connectivity index (χ1v) is 8.65. The molecule has 1 heterocycles. The lowest BCUT2D eigenvalue weighted by atomic mass is 10.2. The molecule has 5 heteroatoms. The molecule has 0 aliphatic carbocycles. The number of nitrogens with one attached hydrogen (secondary N) is 2. The van der Waals surface area contributed by atoms with Crippen molar-refractivity contribution in [2.45, 2.75) is 6.92 Å². The molecule has 27 heavy (non-hydrogen) atoms. The van der Waals surface area contributed by atoms with Gasteiger partial charge in [0, 0.05) is 28.4 Å². The molecule has 2 N–H and O–H groups in total. The first-order chi connectivity index (χ1) is 13.2. The van der Waals surface area contributed by atoms with Crippen LogP contribution in [0.1, 0.15) is 15.9 Å². The van der Waals surface area contributed by atoms with Gasteiger partial charge < -0.3 is 10.3 Å². The van der Waals surface area contributed by atoms with Crippen molar-refractivity contribution >= 4 is 33.9 Å². The number of amides is 1. The van der Waals surface area contributed by atoms with E-state index in [1.807, 2.05) is 61.7 Å². The van der Waals surface area contributed by atoms with Crippen molar-refractivity contribution in [2.75, 3.05) is 5.32 Å². The highest BCUT2D eigenvalue weighted by molar-refractivity contribution is 6.04. The molecule has 0 aliphatic rings. The third-order valence-electron chi connectivity index (χ3n) is 4.25. The molecule has 0 saturated carbocycles. The molecule has 0 radical (unpaired) electrons. The maximum Gasteiger partial charge on any atom is 0.255 e. The smallest absolute Gasteiger partial charge is 0.255 e. The van der Waals surface area contributed by atoms with Crippen LogP contribution < -0.4 is 5.32 Å². The van der Waals surface area contributed by atoms with E-state index in [-0.39, 0.29) is 5.91 Å². The number of rotatable bonds is 4. The molecule has 3 aromatic carbocycles. The molecule has 0 aliphatic heterocycles. The second-order valence-electron chi connectivity index (χ2n) is 6.29. The number of H-pyrrole nitrogens is 1. The van der Waals surface area contributed by atoms with Crippen LogP contribution in [-0.2, 0) is 0 Å². The number of aryl methyl sites for hydroxylation is 1. The van der Waals surface area contributed by atoms with E-state index in [9.17, 15) is 4.79 Å². The Hall–Kier alpha value is -3.73. The van der Waals surface area contributed by atoms with Crippen molar-refractivity contribution in [1.82, 2.24) is 4.98 Å². The summed E-state index contributed by atoms with van der Waals surface area (Å²) < 4.78 is 0. The highest BCUT2D eigenvalue weighted by atomic mass is 16.1. The minimum Gasteiger partial charge on any atom is -0.359 e. The summed E-state index contributed by atoms with van der Waals surface area (Å²) >= 11 is 0. The number of carbonyl (C=O) groups is 1. The monoisotopic (exact) mass is 354 g/mol. The first kappa shape index (κ1) is 16.7. The zero-order valence-electron chi connectivity index (χ0n) is 14.8. The largest absolute Gasteiger partial charge is 0.359 e. The Kier molecular flexibility index (Phi) is 4.49. The van der Waals surface area contributed by atoms with Crippen LogP contribution in [0, 0.1) is 6.92 Å². The maximum atomic E-state index is 12.4. The topological polar surface area (TPSA) is 69.6 Å². The summed E-state index contributed by atoms with van der Waals surface area (Å²) in [6.45, 7) is 1.99. The molecule has 0 atom stereocenters. The second-order valence-corrected chi connectivity index (χ2v) is 6.29. The van der Waals surface area contributed by atoms with Crippen LogP contribution >= 0.6 is 0 Å². The van der Waals surface area contributed by atoms with E-state index in [4.69, 9.17) is 0 Å². The molecular formula is C22H18N4O. The number of anilines is 1. The van der Waals surface area contributed by atoms with Gasteiger partial charge in [-0.1, -0.05) is 30.3 Å². The molecule has 132 valence electrons. The van der Waals surface area contributed by atoms with E-state index in [2.05, 4.69) is 20.5 Å². The third-order valence-corrected chi connectivity index (χ3v) is 4.25. The fourth-order valence-electron chi connectivity index (χ4n) is 2.86. The van der Waals surface area contributed by atoms with Gasteiger partial charge >= 0.3 is 0 Å². The number of hydrogen-bond donors (Lipinski definition) is 2. The minimum absolute atomic E-state index is 0.152. The van der Waals surface area contributed by atoms with Crippen molar-refractivity contribution in [3.05, 3.63) is 90.1 Å². The van der Waals surface area contributed by atoms with E-state index >= 15 is 0 Å². The minimum atomic E-state index is -0.152. The standard InChI is InChI=1S/C22H18N4O/c1-15-5-4-6-18(13-15)24-22(27)16-9-11-17(12-10-16)25-26-21-14-23-20-8-3-2-7-19(20)21/h2-14,23H,1H3,(H,24,27). The summed E-state index contributed by atoms with van der Waals surface area (Å²) in [6, 6.07) is 22.7. The molecule has 4 rings (SSSR count). The molecule has 0 spiro atoms. The van der Waals surface area contributed by atoms with E-state index in [0.29, 0.717) is 11.3 Å². The molecule has 0 saturated heterocycles. The normalized spacial score (nSPS) is 11.1. The fourth-order valence-corrected chi connectivity index (χ4v) is 2.86. The lowest BCUT2D eigenvalue weighted by Crippen LogP contribution is -2.11. The van der Waals surface area contributed by atoms with Gasteiger partial charge in [-0.25, -0.2) is 0 Å². The Balaban J connectivity index is 1.48. The molecule has 0 bridgehead atoms. The zero-order valence-corrected chi connectivity index (χ0v) is 14.8. The van der Waals surface area contributed by atoms with Gasteiger partial charge in [0.1, 0.15) is 5.69 Å². The molecule has 1 amide bonds. The van der Waals surface area contributed by atoms with Crippen LogP contribution in [-0.4, -0.2) is 10.9 Å². The SMILES string of the molecule is Cc1cccc(NC(=O)c2ccc(N=Nc3c[nH]c4ccccc34)cc2)c1. The molecule has 0 fully saturated rings. The summed E-state index contributed by atoms with van der Waals surface area (Å²) in [6.07, 6.45) is 1.83. The lowest BCUT2D eigenvalue weighted by Gasteiger charge is -2.06. The van der Waals surface area contributed by atoms with Crippen molar-refractivity contribution in [1.29, 1.82) is 0 Å². The summed E-state index contributed by atoms with van der Waals surface area (Å²) in [5.74, 6) is -0.152. The zero-order chi connectivity index (χ0) is 18.6. The van der Waals surface area contributed by atoms with Crippen LogP contribution in [0.3, 0.4) is 0 Å². The quantitative estimate of drug-likeness (QED) is 0.424. The Morgan fingerprint density at radius 3 is 2.56 bits per heavy atom. The van der Waals surface area contributed by atoms with Gasteiger partial charge in [-0.2, -0.15) is 5.11 Å². The Morgan fingerprint density at radius 1 is 0.926 bits per heavy atom. The van der Waals surface area contributed by atoms with Gasteiger partial charge in [-0.15, -0.1) is 5.11 Å². The number of aromatic amines is 1. The second kappa shape index (κ2) is 7.25. The summed E-state index contributed by atoms with van der Waals surface area (Å²) in [7, 11) is 0. The average Bonchev–Trinajstić information content (AvgIpc) is 3.10. The van der Waals surface area contributed by atoms with Gasteiger partial charge in [-0.3, -0.25) is 4.79 Å².